The summed E-state index contributed by atoms with van der Waals surface area (Å²) in [5, 5.41) is 7.46. The highest BCUT2D eigenvalue weighted by Gasteiger charge is 2.19. The van der Waals surface area contributed by atoms with Crippen molar-refractivity contribution in [2.75, 3.05) is 29.9 Å². The van der Waals surface area contributed by atoms with Gasteiger partial charge in [-0.1, -0.05) is 6.07 Å². The van der Waals surface area contributed by atoms with Crippen LogP contribution in [0.3, 0.4) is 0 Å². The second-order valence-corrected chi connectivity index (χ2v) is 5.14. The molecule has 1 aromatic heterocycles. The van der Waals surface area contributed by atoms with Crippen molar-refractivity contribution in [1.29, 1.82) is 0 Å². The maximum absolute atomic E-state index is 5.39. The van der Waals surface area contributed by atoms with E-state index < -0.39 is 0 Å². The highest BCUT2D eigenvalue weighted by Crippen LogP contribution is 2.29. The third-order valence-corrected chi connectivity index (χ3v) is 3.87. The smallest absolute Gasteiger partial charge is 0.266 e. The summed E-state index contributed by atoms with van der Waals surface area (Å²) in [5.41, 5.74) is 3.55. The van der Waals surface area contributed by atoms with Crippen LogP contribution in [0.15, 0.2) is 22.7 Å². The van der Waals surface area contributed by atoms with E-state index in [1.54, 1.807) is 0 Å². The quantitative estimate of drug-likeness (QED) is 0.893. The minimum atomic E-state index is 0.610. The average Bonchev–Trinajstić information content (AvgIpc) is 3.18. The monoisotopic (exact) mass is 256 g/mol. The molecule has 2 aromatic rings. The lowest BCUT2D eigenvalue weighted by Crippen LogP contribution is -2.18. The molecule has 0 radical (unpaired) electrons. The number of hydrogen-bond acceptors (Lipinski definition) is 5. The minimum Gasteiger partial charge on any atom is -0.384 e. The topological polar surface area (TPSA) is 54.2 Å². The second kappa shape index (κ2) is 4.26. The SMILES string of the molecule is c1cc2c(cc1-c1nc(N3CCCC3)no1)NCC2. The first-order chi connectivity index (χ1) is 9.40. The van der Waals surface area contributed by atoms with Gasteiger partial charge >= 0.3 is 0 Å². The standard InChI is InChI=1S/C14H16N4O/c1-2-8-18(7-1)14-16-13(19-17-14)11-4-3-10-5-6-15-12(10)9-11/h3-4,9,15H,1-2,5-8H2. The second-order valence-electron chi connectivity index (χ2n) is 5.14. The van der Waals surface area contributed by atoms with Crippen molar-refractivity contribution in [2.24, 2.45) is 0 Å². The number of rotatable bonds is 2. The molecule has 2 aliphatic rings. The van der Waals surface area contributed by atoms with Gasteiger partial charge in [0.2, 0.25) is 0 Å². The fourth-order valence-corrected chi connectivity index (χ4v) is 2.80. The van der Waals surface area contributed by atoms with Crippen LogP contribution in [-0.4, -0.2) is 29.8 Å². The third kappa shape index (κ3) is 1.85. The molecule has 1 fully saturated rings. The summed E-state index contributed by atoms with van der Waals surface area (Å²) in [6.07, 6.45) is 3.53. The normalized spacial score (nSPS) is 17.6. The van der Waals surface area contributed by atoms with Gasteiger partial charge in [-0.3, -0.25) is 0 Å². The molecule has 0 saturated carbocycles. The fourth-order valence-electron chi connectivity index (χ4n) is 2.80. The van der Waals surface area contributed by atoms with Crippen LogP contribution >= 0.6 is 0 Å². The zero-order chi connectivity index (χ0) is 12.7. The molecule has 5 heteroatoms. The molecule has 0 amide bonds. The minimum absolute atomic E-state index is 0.610. The van der Waals surface area contributed by atoms with Crippen LogP contribution < -0.4 is 10.2 Å². The van der Waals surface area contributed by atoms with E-state index in [9.17, 15) is 0 Å². The van der Waals surface area contributed by atoms with Crippen molar-refractivity contribution in [3.63, 3.8) is 0 Å². The van der Waals surface area contributed by atoms with Gasteiger partial charge in [-0.2, -0.15) is 4.98 Å². The van der Waals surface area contributed by atoms with E-state index in [4.69, 9.17) is 4.52 Å². The van der Waals surface area contributed by atoms with Crippen LogP contribution in [0.2, 0.25) is 0 Å². The Balaban J connectivity index is 1.65. The van der Waals surface area contributed by atoms with Crippen molar-refractivity contribution in [3.05, 3.63) is 23.8 Å². The maximum Gasteiger partial charge on any atom is 0.266 e. The molecule has 19 heavy (non-hydrogen) atoms. The molecule has 98 valence electrons. The van der Waals surface area contributed by atoms with Crippen LogP contribution in [-0.2, 0) is 6.42 Å². The van der Waals surface area contributed by atoms with Crippen molar-refractivity contribution in [1.82, 2.24) is 10.1 Å². The zero-order valence-corrected chi connectivity index (χ0v) is 10.7. The van der Waals surface area contributed by atoms with E-state index in [0.29, 0.717) is 5.89 Å². The van der Waals surface area contributed by atoms with Crippen LogP contribution in [0.4, 0.5) is 11.6 Å². The third-order valence-electron chi connectivity index (χ3n) is 3.87. The number of nitrogens with zero attached hydrogens (tertiary/aromatic N) is 3. The molecular weight excluding hydrogens is 240 g/mol. The predicted octanol–water partition coefficient (Wildman–Crippen LogP) is 2.30. The van der Waals surface area contributed by atoms with E-state index >= 15 is 0 Å². The van der Waals surface area contributed by atoms with Crippen molar-refractivity contribution in [3.8, 4) is 11.5 Å². The molecule has 1 N–H and O–H groups in total. The van der Waals surface area contributed by atoms with Crippen LogP contribution in [0, 0.1) is 0 Å². The summed E-state index contributed by atoms with van der Waals surface area (Å²) in [7, 11) is 0. The van der Waals surface area contributed by atoms with E-state index in [0.717, 1.165) is 37.6 Å². The number of nitrogens with one attached hydrogen (secondary N) is 1. The van der Waals surface area contributed by atoms with Gasteiger partial charge in [0, 0.05) is 30.9 Å². The Kier molecular flexibility index (Phi) is 2.43. The highest BCUT2D eigenvalue weighted by molar-refractivity contribution is 5.67. The Morgan fingerprint density at radius 1 is 1.21 bits per heavy atom. The van der Waals surface area contributed by atoms with Crippen molar-refractivity contribution in [2.45, 2.75) is 19.3 Å². The summed E-state index contributed by atoms with van der Waals surface area (Å²) in [6, 6.07) is 6.31. The molecular formula is C14H16N4O. The van der Waals surface area contributed by atoms with Gasteiger partial charge in [0.1, 0.15) is 0 Å². The van der Waals surface area contributed by atoms with Crippen molar-refractivity contribution < 1.29 is 4.52 Å². The van der Waals surface area contributed by atoms with E-state index in [2.05, 4.69) is 38.6 Å². The molecule has 0 spiro atoms. The molecule has 3 heterocycles. The Bertz CT molecular complexity index is 601. The Labute approximate surface area is 111 Å². The first-order valence-electron chi connectivity index (χ1n) is 6.86. The van der Waals surface area contributed by atoms with Gasteiger partial charge < -0.3 is 14.7 Å². The van der Waals surface area contributed by atoms with Crippen LogP contribution in [0.25, 0.3) is 11.5 Å². The van der Waals surface area contributed by atoms with Crippen molar-refractivity contribution >= 4 is 11.6 Å². The van der Waals surface area contributed by atoms with Gasteiger partial charge in [-0.25, -0.2) is 0 Å². The summed E-state index contributed by atoms with van der Waals surface area (Å²) >= 11 is 0. The zero-order valence-electron chi connectivity index (χ0n) is 10.7. The lowest BCUT2D eigenvalue weighted by Gasteiger charge is -2.09. The fraction of sp³-hybridized carbons (Fsp3) is 0.429. The Hall–Kier alpha value is -2.04. The molecule has 0 aliphatic carbocycles. The van der Waals surface area contributed by atoms with E-state index in [-0.39, 0.29) is 0 Å². The number of hydrogen-bond donors (Lipinski definition) is 1. The highest BCUT2D eigenvalue weighted by atomic mass is 16.5. The largest absolute Gasteiger partial charge is 0.384 e. The summed E-state index contributed by atoms with van der Waals surface area (Å²) in [6.45, 7) is 3.08. The Morgan fingerprint density at radius 2 is 2.11 bits per heavy atom. The van der Waals surface area contributed by atoms with Crippen LogP contribution in [0.5, 0.6) is 0 Å². The molecule has 5 nitrogen and oxygen atoms in total. The van der Waals surface area contributed by atoms with Gasteiger partial charge in [0.25, 0.3) is 11.8 Å². The van der Waals surface area contributed by atoms with Gasteiger partial charge in [-0.15, -0.1) is 0 Å². The van der Waals surface area contributed by atoms with Gasteiger partial charge in [0.15, 0.2) is 0 Å². The number of aromatic nitrogens is 2. The van der Waals surface area contributed by atoms with Crippen LogP contribution in [0.1, 0.15) is 18.4 Å². The summed E-state index contributed by atoms with van der Waals surface area (Å²) < 4.78 is 5.39. The molecule has 1 saturated heterocycles. The van der Waals surface area contributed by atoms with Gasteiger partial charge in [0.05, 0.1) is 0 Å². The first-order valence-corrected chi connectivity index (χ1v) is 6.86. The molecule has 1 aromatic carbocycles. The molecule has 0 atom stereocenters. The Morgan fingerprint density at radius 3 is 3.00 bits per heavy atom. The number of fused-ring (bicyclic) bond motifs is 1. The van der Waals surface area contributed by atoms with Gasteiger partial charge in [-0.05, 0) is 42.1 Å². The number of benzene rings is 1. The lowest BCUT2D eigenvalue weighted by atomic mass is 10.1. The molecule has 2 aliphatic heterocycles. The predicted molar refractivity (Wildman–Crippen MR) is 73.4 cm³/mol. The summed E-state index contributed by atoms with van der Waals surface area (Å²) in [5.74, 6) is 1.33. The average molecular weight is 256 g/mol. The maximum atomic E-state index is 5.39. The first kappa shape index (κ1) is 10.8. The molecule has 0 unspecified atom stereocenters. The molecule has 4 rings (SSSR count). The number of anilines is 2. The lowest BCUT2D eigenvalue weighted by molar-refractivity contribution is 0.430. The summed E-state index contributed by atoms with van der Waals surface area (Å²) in [4.78, 5) is 6.69. The van der Waals surface area contributed by atoms with E-state index in [1.807, 2.05) is 0 Å². The van der Waals surface area contributed by atoms with E-state index in [1.165, 1.54) is 24.1 Å². The molecule has 0 bridgehead atoms.